The van der Waals surface area contributed by atoms with Crippen LogP contribution in [0.3, 0.4) is 0 Å². The third kappa shape index (κ3) is 2.54. The van der Waals surface area contributed by atoms with Crippen LogP contribution in [0.25, 0.3) is 0 Å². The first-order valence-corrected chi connectivity index (χ1v) is 9.17. The first kappa shape index (κ1) is 16.8. The lowest BCUT2D eigenvalue weighted by Gasteiger charge is -2.27. The van der Waals surface area contributed by atoms with Gasteiger partial charge in [0.05, 0.1) is 11.6 Å². The molecule has 2 aliphatic heterocycles. The lowest BCUT2D eigenvalue weighted by molar-refractivity contribution is 0.0999. The fraction of sp³-hybridized carbons (Fsp3) is 0.238. The number of Topliss-reactive ketones (excluding diaryl/α,β-unsaturated/α-hetero) is 1. The van der Waals surface area contributed by atoms with E-state index in [9.17, 15) is 9.18 Å². The summed E-state index contributed by atoms with van der Waals surface area (Å²) < 4.78 is 15.9. The molecule has 28 heavy (non-hydrogen) atoms. The van der Waals surface area contributed by atoms with Gasteiger partial charge in [-0.15, -0.1) is 0 Å². The first-order valence-electron chi connectivity index (χ1n) is 9.17. The Morgan fingerprint density at radius 2 is 2.04 bits per heavy atom. The molecule has 0 bridgehead atoms. The predicted octanol–water partition coefficient (Wildman–Crippen LogP) is 2.93. The molecule has 0 spiro atoms. The summed E-state index contributed by atoms with van der Waals surface area (Å²) in [5.74, 6) is -0.0346. The summed E-state index contributed by atoms with van der Waals surface area (Å²) in [5.41, 5.74) is 3.56. The Morgan fingerprint density at radius 1 is 1.21 bits per heavy atom. The molecular formula is C21H18FN5O. The summed E-state index contributed by atoms with van der Waals surface area (Å²) in [6, 6.07) is 12.9. The molecule has 2 aromatic carbocycles. The number of aromatic nitrogens is 3. The smallest absolute Gasteiger partial charge is 0.185 e. The fourth-order valence-electron chi connectivity index (χ4n) is 4.25. The van der Waals surface area contributed by atoms with Gasteiger partial charge in [-0.25, -0.2) is 9.37 Å². The van der Waals surface area contributed by atoms with Crippen LogP contribution >= 0.6 is 0 Å². The van der Waals surface area contributed by atoms with E-state index in [0.717, 1.165) is 17.1 Å². The van der Waals surface area contributed by atoms with Gasteiger partial charge in [0.1, 0.15) is 24.5 Å². The zero-order valence-corrected chi connectivity index (χ0v) is 15.3. The number of rotatable bonds is 2. The molecule has 0 saturated heterocycles. The van der Waals surface area contributed by atoms with Crippen molar-refractivity contribution in [3.8, 4) is 0 Å². The lowest BCUT2D eigenvalue weighted by Crippen LogP contribution is -2.29. The minimum atomic E-state index is -0.427. The molecule has 1 aromatic heterocycles. The van der Waals surface area contributed by atoms with Crippen LogP contribution in [-0.4, -0.2) is 39.3 Å². The average Bonchev–Trinajstić information content (AvgIpc) is 3.05. The second kappa shape index (κ2) is 6.37. The quantitative estimate of drug-likeness (QED) is 0.748. The van der Waals surface area contributed by atoms with Crippen LogP contribution in [0.1, 0.15) is 39.1 Å². The number of benzene rings is 2. The minimum Gasteiger partial charge on any atom is -0.384 e. The normalized spacial score (nSPS) is 20.8. The second-order valence-corrected chi connectivity index (χ2v) is 7.12. The van der Waals surface area contributed by atoms with Crippen LogP contribution in [0.4, 0.5) is 10.1 Å². The summed E-state index contributed by atoms with van der Waals surface area (Å²) >= 11 is 0. The Morgan fingerprint density at radius 3 is 2.79 bits per heavy atom. The largest absolute Gasteiger partial charge is 0.384 e. The van der Waals surface area contributed by atoms with Gasteiger partial charge >= 0.3 is 0 Å². The maximum absolute atomic E-state index is 14.2. The number of aryl methyl sites for hydroxylation is 1. The molecule has 0 aliphatic carbocycles. The van der Waals surface area contributed by atoms with Crippen molar-refractivity contribution in [3.63, 3.8) is 0 Å². The van der Waals surface area contributed by atoms with Crippen LogP contribution < -0.4 is 5.32 Å². The van der Waals surface area contributed by atoms with Crippen LogP contribution in [-0.2, 0) is 7.05 Å². The van der Waals surface area contributed by atoms with Crippen LogP contribution in [0.2, 0.25) is 0 Å². The Bertz CT molecular complexity index is 1110. The van der Waals surface area contributed by atoms with Gasteiger partial charge in [-0.05, 0) is 17.7 Å². The van der Waals surface area contributed by atoms with Gasteiger partial charge in [0.15, 0.2) is 5.78 Å². The highest BCUT2D eigenvalue weighted by molar-refractivity contribution is 6.20. The van der Waals surface area contributed by atoms with Crippen molar-refractivity contribution in [2.45, 2.75) is 11.8 Å². The highest BCUT2D eigenvalue weighted by Gasteiger charge is 2.40. The maximum Gasteiger partial charge on any atom is 0.185 e. The number of carbonyl (C=O) groups is 1. The van der Waals surface area contributed by atoms with Crippen molar-refractivity contribution in [1.82, 2.24) is 14.8 Å². The van der Waals surface area contributed by atoms with Gasteiger partial charge in [-0.1, -0.05) is 30.3 Å². The number of hydrogen-bond acceptors (Lipinski definition) is 5. The zero-order valence-electron chi connectivity index (χ0n) is 15.3. The molecule has 3 heterocycles. The van der Waals surface area contributed by atoms with Crippen LogP contribution in [0.15, 0.2) is 53.8 Å². The van der Waals surface area contributed by atoms with Crippen molar-refractivity contribution in [2.75, 3.05) is 18.4 Å². The Labute approximate surface area is 161 Å². The molecule has 3 aromatic rings. The number of hydrogen-bond donors (Lipinski definition) is 1. The number of carbonyl (C=O) groups excluding carboxylic acids is 1. The number of aliphatic imine (C=N–C) groups is 1. The number of ketones is 1. The topological polar surface area (TPSA) is 72.2 Å². The van der Waals surface area contributed by atoms with Crippen LogP contribution in [0, 0.1) is 5.82 Å². The summed E-state index contributed by atoms with van der Waals surface area (Å²) in [7, 11) is 1.85. The van der Waals surface area contributed by atoms with Gasteiger partial charge in [0, 0.05) is 36.3 Å². The van der Waals surface area contributed by atoms with Gasteiger partial charge in [-0.3, -0.25) is 14.5 Å². The highest BCUT2D eigenvalue weighted by Crippen LogP contribution is 2.42. The van der Waals surface area contributed by atoms with Crippen molar-refractivity contribution in [2.24, 2.45) is 12.0 Å². The number of anilines is 1. The molecule has 0 amide bonds. The Hall–Kier alpha value is -3.35. The predicted molar refractivity (Wildman–Crippen MR) is 104 cm³/mol. The van der Waals surface area contributed by atoms with E-state index in [0.29, 0.717) is 23.4 Å². The summed E-state index contributed by atoms with van der Waals surface area (Å²) in [5, 5.41) is 7.60. The Kier molecular flexibility index (Phi) is 3.82. The van der Waals surface area contributed by atoms with E-state index in [-0.39, 0.29) is 24.2 Å². The van der Waals surface area contributed by atoms with E-state index in [1.165, 1.54) is 18.5 Å². The zero-order chi connectivity index (χ0) is 19.3. The van der Waals surface area contributed by atoms with Gasteiger partial charge in [-0.2, -0.15) is 5.10 Å². The molecule has 140 valence electrons. The molecule has 0 saturated carbocycles. The molecule has 2 aliphatic rings. The number of halogens is 1. The van der Waals surface area contributed by atoms with Gasteiger partial charge in [0.25, 0.3) is 0 Å². The molecule has 1 N–H and O–H groups in total. The molecule has 2 unspecified atom stereocenters. The average molecular weight is 375 g/mol. The first-order chi connectivity index (χ1) is 13.6. The standard InChI is InChI=1S/C21H18FN5O/c1-27-21(25-11-26-27)19-15(12-5-3-2-4-6-12)9-23-16-8-13(22)7-14-17(28)10-24-20(19)18(14)16/h2-8,11,15,19,23H,9-10H2,1H3. The van der Waals surface area contributed by atoms with E-state index in [4.69, 9.17) is 0 Å². The summed E-state index contributed by atoms with van der Waals surface area (Å²) in [6.07, 6.45) is 1.52. The third-order valence-electron chi connectivity index (χ3n) is 5.51. The van der Waals surface area contributed by atoms with Crippen LogP contribution in [0.5, 0.6) is 0 Å². The number of nitrogens with zero attached hydrogens (tertiary/aromatic N) is 4. The molecule has 7 heteroatoms. The van der Waals surface area contributed by atoms with E-state index in [1.807, 2.05) is 25.2 Å². The summed E-state index contributed by atoms with van der Waals surface area (Å²) in [4.78, 5) is 21.6. The minimum absolute atomic E-state index is 0.000590. The fourth-order valence-corrected chi connectivity index (χ4v) is 4.25. The monoisotopic (exact) mass is 375 g/mol. The molecular weight excluding hydrogens is 357 g/mol. The highest BCUT2D eigenvalue weighted by atomic mass is 19.1. The van der Waals surface area contributed by atoms with Gasteiger partial charge < -0.3 is 5.32 Å². The molecule has 5 rings (SSSR count). The summed E-state index contributed by atoms with van der Waals surface area (Å²) in [6.45, 7) is 0.575. The molecule has 6 nitrogen and oxygen atoms in total. The lowest BCUT2D eigenvalue weighted by atomic mass is 9.79. The molecule has 0 radical (unpaired) electrons. The van der Waals surface area contributed by atoms with E-state index < -0.39 is 5.82 Å². The SMILES string of the molecule is Cn1ncnc1C1C2=NCC(=O)c3cc(F)cc(c32)NCC1c1ccccc1. The third-order valence-corrected chi connectivity index (χ3v) is 5.51. The maximum atomic E-state index is 14.2. The van der Waals surface area contributed by atoms with Crippen molar-refractivity contribution in [3.05, 3.63) is 77.1 Å². The second-order valence-electron chi connectivity index (χ2n) is 7.12. The van der Waals surface area contributed by atoms with Crippen molar-refractivity contribution in [1.29, 1.82) is 0 Å². The van der Waals surface area contributed by atoms with Gasteiger partial charge in [0.2, 0.25) is 0 Å². The number of nitrogens with one attached hydrogen (secondary N) is 1. The van der Waals surface area contributed by atoms with E-state index in [2.05, 4.69) is 32.5 Å². The Balaban J connectivity index is 1.77. The van der Waals surface area contributed by atoms with Crippen molar-refractivity contribution >= 4 is 17.2 Å². The van der Waals surface area contributed by atoms with Crippen molar-refractivity contribution < 1.29 is 9.18 Å². The van der Waals surface area contributed by atoms with E-state index in [1.54, 1.807) is 4.68 Å². The molecule has 0 fully saturated rings. The van der Waals surface area contributed by atoms with E-state index >= 15 is 0 Å². The molecule has 2 atom stereocenters.